The summed E-state index contributed by atoms with van der Waals surface area (Å²) in [5, 5.41) is 3.14. The number of hydrogen-bond acceptors (Lipinski definition) is 3. The second-order valence-corrected chi connectivity index (χ2v) is 7.35. The van der Waals surface area contributed by atoms with E-state index in [1.54, 1.807) is 6.92 Å². The van der Waals surface area contributed by atoms with Gasteiger partial charge in [-0.15, -0.1) is 0 Å². The highest BCUT2D eigenvalue weighted by Crippen LogP contribution is 2.25. The van der Waals surface area contributed by atoms with E-state index in [4.69, 9.17) is 0 Å². The Morgan fingerprint density at radius 2 is 2.05 bits per heavy atom. The Morgan fingerprint density at radius 3 is 2.67 bits per heavy atom. The molecule has 120 valence electrons. The zero-order valence-corrected chi connectivity index (χ0v) is 14.8. The topological polar surface area (TPSA) is 61.4 Å². The van der Waals surface area contributed by atoms with Gasteiger partial charge in [0.15, 0.2) is 0 Å². The van der Waals surface area contributed by atoms with E-state index in [0.29, 0.717) is 17.8 Å². The molecule has 8 heteroatoms. The van der Waals surface area contributed by atoms with E-state index in [1.165, 1.54) is 23.5 Å². The van der Waals surface area contributed by atoms with Crippen molar-refractivity contribution in [2.45, 2.75) is 20.3 Å². The van der Waals surface area contributed by atoms with E-state index in [0.717, 1.165) is 19.5 Å². The van der Waals surface area contributed by atoms with Crippen molar-refractivity contribution in [2.24, 2.45) is 0 Å². The summed E-state index contributed by atoms with van der Waals surface area (Å²) in [7, 11) is -2.12. The lowest BCUT2D eigenvalue weighted by molar-refractivity contribution is 0.459. The highest BCUT2D eigenvalue weighted by Gasteiger charge is 2.18. The predicted octanol–water partition coefficient (Wildman–Crippen LogP) is 2.48. The zero-order chi connectivity index (χ0) is 16.0. The van der Waals surface area contributed by atoms with Crippen LogP contribution in [0.3, 0.4) is 0 Å². The largest absolute Gasteiger partial charge is 0.317 e. The highest BCUT2D eigenvalue weighted by molar-refractivity contribution is 9.10. The lowest BCUT2D eigenvalue weighted by Gasteiger charge is -2.19. The van der Waals surface area contributed by atoms with Crippen LogP contribution in [0.2, 0.25) is 0 Å². The molecule has 2 N–H and O–H groups in total. The fraction of sp³-hybridized carbons (Fsp3) is 0.538. The molecule has 0 spiro atoms. The maximum atomic E-state index is 13.3. The number of nitrogens with zero attached hydrogens (tertiary/aromatic N) is 1. The number of nitrogens with one attached hydrogen (secondary N) is 2. The maximum absolute atomic E-state index is 13.3. The molecule has 0 aliphatic carbocycles. The van der Waals surface area contributed by atoms with Gasteiger partial charge in [-0.3, -0.25) is 4.72 Å². The van der Waals surface area contributed by atoms with Crippen molar-refractivity contribution in [3.05, 3.63) is 28.0 Å². The van der Waals surface area contributed by atoms with Crippen LogP contribution >= 0.6 is 15.9 Å². The van der Waals surface area contributed by atoms with E-state index in [-0.39, 0.29) is 4.47 Å². The molecule has 0 saturated carbocycles. The van der Waals surface area contributed by atoms with E-state index in [1.807, 2.05) is 6.92 Å². The van der Waals surface area contributed by atoms with E-state index in [9.17, 15) is 12.8 Å². The van der Waals surface area contributed by atoms with Crippen LogP contribution < -0.4 is 10.0 Å². The minimum absolute atomic E-state index is 0.223. The molecule has 0 aliphatic rings. The van der Waals surface area contributed by atoms with Crippen molar-refractivity contribution < 1.29 is 12.8 Å². The average Bonchev–Trinajstić information content (AvgIpc) is 2.40. The molecular formula is C13H21BrFN3O2S. The fourth-order valence-electron chi connectivity index (χ4n) is 1.70. The minimum Gasteiger partial charge on any atom is -0.317 e. The standard InChI is InChI=1S/C13H21BrFN3O2S/c1-4-16-6-5-7-18(3)21(19,20)17-13-9-11(14)12(15)8-10(13)2/h8-9,16-17H,4-7H2,1-3H3. The fourth-order valence-corrected chi connectivity index (χ4v) is 3.06. The molecule has 0 bridgehead atoms. The molecule has 0 fully saturated rings. The monoisotopic (exact) mass is 381 g/mol. The van der Waals surface area contributed by atoms with Gasteiger partial charge in [-0.05, 0) is 60.1 Å². The first-order valence-corrected chi connectivity index (χ1v) is 8.91. The lowest BCUT2D eigenvalue weighted by atomic mass is 10.2. The van der Waals surface area contributed by atoms with Crippen LogP contribution in [-0.2, 0) is 10.2 Å². The van der Waals surface area contributed by atoms with Gasteiger partial charge in [0, 0.05) is 13.6 Å². The maximum Gasteiger partial charge on any atom is 0.301 e. The molecule has 1 aromatic carbocycles. The summed E-state index contributed by atoms with van der Waals surface area (Å²) in [4.78, 5) is 0. The highest BCUT2D eigenvalue weighted by atomic mass is 79.9. The van der Waals surface area contributed by atoms with Crippen LogP contribution in [0.4, 0.5) is 10.1 Å². The van der Waals surface area contributed by atoms with Gasteiger partial charge in [0.2, 0.25) is 0 Å². The van der Waals surface area contributed by atoms with Gasteiger partial charge >= 0.3 is 10.2 Å². The Kier molecular flexibility index (Phi) is 7.05. The molecule has 0 saturated heterocycles. The first-order chi connectivity index (χ1) is 9.77. The summed E-state index contributed by atoms with van der Waals surface area (Å²) in [6.07, 6.45) is 0.720. The molecule has 0 aliphatic heterocycles. The normalized spacial score (nSPS) is 11.9. The Hall–Kier alpha value is -0.700. The number of aryl methyl sites for hydroxylation is 1. The van der Waals surface area contributed by atoms with E-state index in [2.05, 4.69) is 26.0 Å². The molecule has 21 heavy (non-hydrogen) atoms. The zero-order valence-electron chi connectivity index (χ0n) is 12.4. The number of halogens is 2. The predicted molar refractivity (Wildman–Crippen MR) is 87.2 cm³/mol. The molecule has 0 unspecified atom stereocenters. The van der Waals surface area contributed by atoms with Gasteiger partial charge in [-0.25, -0.2) is 4.39 Å². The van der Waals surface area contributed by atoms with Crippen LogP contribution in [0.1, 0.15) is 18.9 Å². The quantitative estimate of drug-likeness (QED) is 0.680. The molecule has 0 radical (unpaired) electrons. The smallest absolute Gasteiger partial charge is 0.301 e. The number of hydrogen-bond donors (Lipinski definition) is 2. The molecule has 5 nitrogen and oxygen atoms in total. The number of rotatable bonds is 8. The summed E-state index contributed by atoms with van der Waals surface area (Å²) in [5.74, 6) is -0.422. The molecular weight excluding hydrogens is 361 g/mol. The molecule has 0 aromatic heterocycles. The van der Waals surface area contributed by atoms with Crippen molar-refractivity contribution in [3.63, 3.8) is 0 Å². The third-order valence-electron chi connectivity index (χ3n) is 2.99. The molecule has 0 amide bonds. The van der Waals surface area contributed by atoms with Crippen LogP contribution in [0, 0.1) is 12.7 Å². The van der Waals surface area contributed by atoms with Crippen molar-refractivity contribution in [1.82, 2.24) is 9.62 Å². The average molecular weight is 382 g/mol. The molecule has 1 aromatic rings. The van der Waals surface area contributed by atoms with Crippen LogP contribution in [0.15, 0.2) is 16.6 Å². The summed E-state index contributed by atoms with van der Waals surface area (Å²) in [5.41, 5.74) is 0.891. The van der Waals surface area contributed by atoms with Crippen molar-refractivity contribution >= 4 is 31.8 Å². The summed E-state index contributed by atoms with van der Waals surface area (Å²) in [6.45, 7) is 5.68. The Morgan fingerprint density at radius 1 is 1.38 bits per heavy atom. The molecule has 1 rings (SSSR count). The van der Waals surface area contributed by atoms with E-state index >= 15 is 0 Å². The first-order valence-electron chi connectivity index (χ1n) is 6.68. The summed E-state index contributed by atoms with van der Waals surface area (Å²) in [6, 6.07) is 2.71. The summed E-state index contributed by atoms with van der Waals surface area (Å²) >= 11 is 3.05. The van der Waals surface area contributed by atoms with Crippen molar-refractivity contribution in [3.8, 4) is 0 Å². The second-order valence-electron chi connectivity index (χ2n) is 4.72. The van der Waals surface area contributed by atoms with Crippen molar-refractivity contribution in [2.75, 3.05) is 31.4 Å². The molecule has 0 heterocycles. The van der Waals surface area contributed by atoms with Crippen LogP contribution in [0.5, 0.6) is 0 Å². The summed E-state index contributed by atoms with van der Waals surface area (Å²) < 4.78 is 41.7. The van der Waals surface area contributed by atoms with Gasteiger partial charge in [-0.1, -0.05) is 6.92 Å². The number of anilines is 1. The van der Waals surface area contributed by atoms with Gasteiger partial charge in [0.25, 0.3) is 0 Å². The van der Waals surface area contributed by atoms with Crippen LogP contribution in [-0.4, -0.2) is 39.4 Å². The van der Waals surface area contributed by atoms with Gasteiger partial charge in [0.1, 0.15) is 5.82 Å². The van der Waals surface area contributed by atoms with Crippen LogP contribution in [0.25, 0.3) is 0 Å². The van der Waals surface area contributed by atoms with Gasteiger partial charge < -0.3 is 5.32 Å². The first kappa shape index (κ1) is 18.3. The van der Waals surface area contributed by atoms with Crippen molar-refractivity contribution in [1.29, 1.82) is 0 Å². The Balaban J connectivity index is 2.74. The third-order valence-corrected chi connectivity index (χ3v) is 5.08. The van der Waals surface area contributed by atoms with Gasteiger partial charge in [0.05, 0.1) is 10.2 Å². The third kappa shape index (κ3) is 5.54. The Bertz CT molecular complexity index is 581. The SMILES string of the molecule is CCNCCCN(C)S(=O)(=O)Nc1cc(Br)c(F)cc1C. The van der Waals surface area contributed by atoms with Gasteiger partial charge in [-0.2, -0.15) is 12.7 Å². The lowest BCUT2D eigenvalue weighted by Crippen LogP contribution is -2.34. The second kappa shape index (κ2) is 8.07. The van der Waals surface area contributed by atoms with E-state index < -0.39 is 16.0 Å². The molecule has 0 atom stereocenters. The Labute approximate surface area is 134 Å². The number of benzene rings is 1. The minimum atomic E-state index is -3.64.